The molecule has 0 spiro atoms. The maximum atomic E-state index is 14.0. The van der Waals surface area contributed by atoms with Crippen molar-refractivity contribution in [2.45, 2.75) is 69.5 Å². The molecule has 254 valence electrons. The van der Waals surface area contributed by atoms with Crippen LogP contribution in [0.15, 0.2) is 78.9 Å². The standard InChI is InChI=1S/C36H45O10P/c1-5-32-34(21-23-41-32)46-47(38,43-24-19-26(2)37)44-25-35-33(20-22-42-35)45-36(27-9-7-6-8-10-27,28-11-15-30(39-3)16-12-28)29-13-17-31(40-4)18-14-29/h6-18,32-35H,5,19-25H2,1-4H3/t32-,33-,34-,35-,47+/m1/s1. The van der Waals surface area contributed by atoms with Crippen LogP contribution in [0.25, 0.3) is 0 Å². The van der Waals surface area contributed by atoms with Crippen LogP contribution in [-0.4, -0.2) is 70.8 Å². The Morgan fingerprint density at radius 3 is 1.89 bits per heavy atom. The van der Waals surface area contributed by atoms with Crippen LogP contribution < -0.4 is 9.47 Å². The lowest BCUT2D eigenvalue weighted by atomic mass is 9.79. The van der Waals surface area contributed by atoms with E-state index in [1.54, 1.807) is 14.2 Å². The molecule has 2 fully saturated rings. The lowest BCUT2D eigenvalue weighted by Gasteiger charge is -2.39. The molecular weight excluding hydrogens is 623 g/mol. The lowest BCUT2D eigenvalue weighted by molar-refractivity contribution is -0.117. The van der Waals surface area contributed by atoms with Crippen molar-refractivity contribution >= 4 is 13.6 Å². The van der Waals surface area contributed by atoms with Crippen molar-refractivity contribution in [2.75, 3.05) is 40.6 Å². The number of Topliss-reactive ketones (excluding diaryl/α,β-unsaturated/α-hetero) is 1. The fourth-order valence-corrected chi connectivity index (χ4v) is 7.45. The van der Waals surface area contributed by atoms with E-state index in [1.807, 2.05) is 85.8 Å². The molecule has 5 atom stereocenters. The number of phosphoric acid groups is 1. The Bertz CT molecular complexity index is 1420. The Labute approximate surface area is 277 Å². The minimum Gasteiger partial charge on any atom is -0.497 e. The van der Waals surface area contributed by atoms with E-state index in [9.17, 15) is 9.36 Å². The van der Waals surface area contributed by atoms with Gasteiger partial charge in [0.05, 0.1) is 45.7 Å². The second-order valence-corrected chi connectivity index (χ2v) is 13.3. The summed E-state index contributed by atoms with van der Waals surface area (Å²) in [6.45, 7) is 4.15. The van der Waals surface area contributed by atoms with Crippen LogP contribution in [0.5, 0.6) is 11.5 Å². The Morgan fingerprint density at radius 2 is 1.34 bits per heavy atom. The number of carbonyl (C=O) groups excluding carboxylic acids is 1. The smallest absolute Gasteiger partial charge is 0.475 e. The summed E-state index contributed by atoms with van der Waals surface area (Å²) in [4.78, 5) is 11.6. The molecule has 11 heteroatoms. The molecule has 0 amide bonds. The highest BCUT2D eigenvalue weighted by atomic mass is 31.2. The molecule has 3 aromatic rings. The van der Waals surface area contributed by atoms with E-state index in [2.05, 4.69) is 0 Å². The van der Waals surface area contributed by atoms with Crippen molar-refractivity contribution < 1.29 is 46.6 Å². The molecule has 2 saturated heterocycles. The molecule has 0 bridgehead atoms. The molecule has 2 aliphatic heterocycles. The number of phosphoric ester groups is 1. The van der Waals surface area contributed by atoms with Gasteiger partial charge in [0.15, 0.2) is 0 Å². The molecule has 2 heterocycles. The summed E-state index contributed by atoms with van der Waals surface area (Å²) in [7, 11) is -0.827. The summed E-state index contributed by atoms with van der Waals surface area (Å²) < 4.78 is 61.7. The Kier molecular flexibility index (Phi) is 12.3. The van der Waals surface area contributed by atoms with Crippen molar-refractivity contribution in [3.05, 3.63) is 95.6 Å². The first-order chi connectivity index (χ1) is 22.8. The molecule has 0 radical (unpaired) electrons. The van der Waals surface area contributed by atoms with E-state index in [0.29, 0.717) is 32.5 Å². The Morgan fingerprint density at radius 1 is 0.787 bits per heavy atom. The van der Waals surface area contributed by atoms with Gasteiger partial charge in [-0.1, -0.05) is 61.5 Å². The van der Waals surface area contributed by atoms with Gasteiger partial charge in [0.25, 0.3) is 0 Å². The van der Waals surface area contributed by atoms with Crippen molar-refractivity contribution in [3.63, 3.8) is 0 Å². The van der Waals surface area contributed by atoms with Gasteiger partial charge in [0.1, 0.15) is 29.0 Å². The van der Waals surface area contributed by atoms with Crippen LogP contribution in [0.3, 0.4) is 0 Å². The van der Waals surface area contributed by atoms with Gasteiger partial charge in [0.2, 0.25) is 0 Å². The molecule has 47 heavy (non-hydrogen) atoms. The number of rotatable bonds is 17. The van der Waals surface area contributed by atoms with Gasteiger partial charge in [-0.25, -0.2) is 4.57 Å². The van der Waals surface area contributed by atoms with Crippen LogP contribution in [-0.2, 0) is 42.7 Å². The lowest BCUT2D eigenvalue weighted by Crippen LogP contribution is -2.41. The van der Waals surface area contributed by atoms with Crippen molar-refractivity contribution in [1.29, 1.82) is 0 Å². The van der Waals surface area contributed by atoms with Gasteiger partial charge in [-0.05, 0) is 60.7 Å². The molecule has 0 saturated carbocycles. The summed E-state index contributed by atoms with van der Waals surface area (Å²) in [6, 6.07) is 25.6. The highest BCUT2D eigenvalue weighted by Gasteiger charge is 2.45. The molecule has 0 aromatic heterocycles. The quantitative estimate of drug-likeness (QED) is 0.112. The number of benzene rings is 3. The van der Waals surface area contributed by atoms with E-state index in [1.165, 1.54) is 6.92 Å². The zero-order chi connectivity index (χ0) is 33.3. The van der Waals surface area contributed by atoms with Crippen LogP contribution in [0.4, 0.5) is 0 Å². The van der Waals surface area contributed by atoms with Crippen LogP contribution >= 0.6 is 7.82 Å². The fraction of sp³-hybridized carbons (Fsp3) is 0.472. The summed E-state index contributed by atoms with van der Waals surface area (Å²) in [5.41, 5.74) is 1.61. The molecule has 2 aliphatic rings. The maximum Gasteiger partial charge on any atom is 0.475 e. The first-order valence-corrected chi connectivity index (χ1v) is 17.6. The van der Waals surface area contributed by atoms with Crippen LogP contribution in [0.1, 0.15) is 56.2 Å². The molecule has 5 rings (SSSR count). The number of hydrogen-bond donors (Lipinski definition) is 0. The summed E-state index contributed by atoms with van der Waals surface area (Å²) in [5.74, 6) is 1.35. The monoisotopic (exact) mass is 668 g/mol. The van der Waals surface area contributed by atoms with Gasteiger partial charge in [-0.2, -0.15) is 0 Å². The highest BCUT2D eigenvalue weighted by molar-refractivity contribution is 7.48. The second-order valence-electron chi connectivity index (χ2n) is 11.6. The average Bonchev–Trinajstić information content (AvgIpc) is 3.75. The number of hydrogen-bond acceptors (Lipinski definition) is 10. The SMILES string of the molecule is CC[C@H]1OCC[C@H]1O[P@@](=O)(OCCC(C)=O)OC[C@H]1OCC[C@H]1OC(c1ccccc1)(c1ccc(OC)cc1)c1ccc(OC)cc1. The van der Waals surface area contributed by atoms with Gasteiger partial charge in [-0.15, -0.1) is 0 Å². The number of ketones is 1. The summed E-state index contributed by atoms with van der Waals surface area (Å²) in [5, 5.41) is 0. The van der Waals surface area contributed by atoms with E-state index < -0.39 is 31.7 Å². The molecule has 0 N–H and O–H groups in total. The third-order valence-electron chi connectivity index (χ3n) is 8.57. The van der Waals surface area contributed by atoms with Gasteiger partial charge < -0.3 is 23.7 Å². The first-order valence-electron chi connectivity index (χ1n) is 16.1. The molecule has 3 aromatic carbocycles. The number of methoxy groups -OCH3 is 2. The van der Waals surface area contributed by atoms with E-state index in [0.717, 1.165) is 28.2 Å². The topological polar surface area (TPSA) is 108 Å². The largest absolute Gasteiger partial charge is 0.497 e. The second kappa shape index (κ2) is 16.3. The van der Waals surface area contributed by atoms with Crippen LogP contribution in [0, 0.1) is 0 Å². The average molecular weight is 669 g/mol. The molecule has 0 unspecified atom stereocenters. The summed E-state index contributed by atoms with van der Waals surface area (Å²) >= 11 is 0. The minimum atomic E-state index is -4.09. The molecule has 10 nitrogen and oxygen atoms in total. The van der Waals surface area contributed by atoms with Crippen LogP contribution in [0.2, 0.25) is 0 Å². The van der Waals surface area contributed by atoms with Crippen molar-refractivity contribution in [2.24, 2.45) is 0 Å². The highest BCUT2D eigenvalue weighted by Crippen LogP contribution is 2.53. The van der Waals surface area contributed by atoms with Crippen molar-refractivity contribution in [3.8, 4) is 11.5 Å². The Hall–Kier alpha value is -3.08. The van der Waals surface area contributed by atoms with E-state index in [4.69, 9.17) is 37.3 Å². The van der Waals surface area contributed by atoms with E-state index in [-0.39, 0.29) is 31.5 Å². The van der Waals surface area contributed by atoms with Gasteiger partial charge in [0, 0.05) is 26.1 Å². The Balaban J connectivity index is 1.46. The van der Waals surface area contributed by atoms with Gasteiger partial charge >= 0.3 is 7.82 Å². The summed E-state index contributed by atoms with van der Waals surface area (Å²) in [6.07, 6.45) is 0.185. The predicted octanol–water partition coefficient (Wildman–Crippen LogP) is 6.87. The molecule has 0 aliphatic carbocycles. The van der Waals surface area contributed by atoms with E-state index >= 15 is 0 Å². The zero-order valence-electron chi connectivity index (χ0n) is 27.5. The number of carbonyl (C=O) groups is 1. The first kappa shape index (κ1) is 35.2. The molecular formula is C36H45O10P. The third-order valence-corrected chi connectivity index (χ3v) is 10.1. The van der Waals surface area contributed by atoms with Crippen molar-refractivity contribution in [1.82, 2.24) is 0 Å². The number of ether oxygens (including phenoxy) is 5. The third kappa shape index (κ3) is 8.51. The predicted molar refractivity (Wildman–Crippen MR) is 176 cm³/mol. The normalized spacial score (nSPS) is 22.6. The zero-order valence-corrected chi connectivity index (χ0v) is 28.4. The fourth-order valence-electron chi connectivity index (χ4n) is 6.03. The minimum absolute atomic E-state index is 0.0874. The van der Waals surface area contributed by atoms with Gasteiger partial charge in [-0.3, -0.25) is 18.4 Å². The maximum absolute atomic E-state index is 14.0.